The summed E-state index contributed by atoms with van der Waals surface area (Å²) in [6.45, 7) is 0. The van der Waals surface area contributed by atoms with E-state index in [1.807, 2.05) is 0 Å². The van der Waals surface area contributed by atoms with Gasteiger partial charge >= 0.3 is 6.09 Å². The van der Waals surface area contributed by atoms with Crippen LogP contribution in [0.4, 0.5) is 4.79 Å². The molecule has 0 fully saturated rings. The van der Waals surface area contributed by atoms with Crippen molar-refractivity contribution in [3.63, 3.8) is 0 Å². The smallest absolute Gasteiger partial charge is 0.402 e. The summed E-state index contributed by atoms with van der Waals surface area (Å²) < 4.78 is 4.25. The van der Waals surface area contributed by atoms with E-state index in [1.54, 1.807) is 14.2 Å². The number of ether oxygens (including phenoxy) is 1. The summed E-state index contributed by atoms with van der Waals surface area (Å²) in [5, 5.41) is 7.19. The number of carboxylic acid groups (broad SMARTS) is 1. The minimum atomic E-state index is -1.33. The predicted molar refractivity (Wildman–Crippen MR) is 25.1 cm³/mol. The maximum Gasteiger partial charge on any atom is 0.402 e. The highest BCUT2D eigenvalue weighted by Gasteiger charge is 1.65. The van der Waals surface area contributed by atoms with Gasteiger partial charge in [-0.15, -0.1) is 0 Å². The van der Waals surface area contributed by atoms with Crippen molar-refractivity contribution in [1.29, 1.82) is 0 Å². The average Bonchev–Trinajstić information content (AvgIpc) is 1.33. The molecule has 0 saturated carbocycles. The molecule has 4 nitrogen and oxygen atoms in total. The molecule has 0 aromatic carbocycles. The van der Waals surface area contributed by atoms with Crippen molar-refractivity contribution in [3.05, 3.63) is 0 Å². The largest absolute Gasteiger partial charge is 0.465 e. The van der Waals surface area contributed by atoms with Crippen molar-refractivity contribution < 1.29 is 14.6 Å². The van der Waals surface area contributed by atoms with Crippen LogP contribution in [0.5, 0.6) is 0 Å². The van der Waals surface area contributed by atoms with Gasteiger partial charge in [0.15, 0.2) is 0 Å². The SMILES string of the molecule is COC.NC(=O)O. The third-order valence-electron chi connectivity index (χ3n) is 0. The summed E-state index contributed by atoms with van der Waals surface area (Å²) in [6, 6.07) is 0. The highest BCUT2D eigenvalue weighted by atomic mass is 16.4. The second kappa shape index (κ2) is 8.97. The van der Waals surface area contributed by atoms with E-state index in [2.05, 4.69) is 10.5 Å². The lowest BCUT2D eigenvalue weighted by atomic mass is 11.3. The van der Waals surface area contributed by atoms with Crippen LogP contribution in [0.2, 0.25) is 0 Å². The molecule has 44 valence electrons. The van der Waals surface area contributed by atoms with Crippen molar-refractivity contribution in [2.24, 2.45) is 5.73 Å². The number of primary amides is 1. The summed E-state index contributed by atoms with van der Waals surface area (Å²) in [4.78, 5) is 8.78. The van der Waals surface area contributed by atoms with Gasteiger partial charge in [0.05, 0.1) is 0 Å². The van der Waals surface area contributed by atoms with Crippen molar-refractivity contribution in [3.8, 4) is 0 Å². The van der Waals surface area contributed by atoms with Gasteiger partial charge in [0.1, 0.15) is 0 Å². The van der Waals surface area contributed by atoms with Gasteiger partial charge in [-0.25, -0.2) is 4.79 Å². The van der Waals surface area contributed by atoms with Gasteiger partial charge in [0.2, 0.25) is 0 Å². The molecular formula is C3H9NO3. The normalized spacial score (nSPS) is 6.00. The van der Waals surface area contributed by atoms with E-state index in [-0.39, 0.29) is 0 Å². The van der Waals surface area contributed by atoms with Gasteiger partial charge in [-0.3, -0.25) is 0 Å². The Kier molecular flexibility index (Phi) is 12.2. The van der Waals surface area contributed by atoms with E-state index in [0.717, 1.165) is 0 Å². The van der Waals surface area contributed by atoms with E-state index in [9.17, 15) is 0 Å². The summed E-state index contributed by atoms with van der Waals surface area (Å²) >= 11 is 0. The van der Waals surface area contributed by atoms with E-state index >= 15 is 0 Å². The number of amides is 1. The fourth-order valence-corrected chi connectivity index (χ4v) is 0. The summed E-state index contributed by atoms with van der Waals surface area (Å²) in [5.41, 5.74) is 4.03. The van der Waals surface area contributed by atoms with Gasteiger partial charge in [-0.05, 0) is 0 Å². The van der Waals surface area contributed by atoms with Crippen LogP contribution in [0.25, 0.3) is 0 Å². The average molecular weight is 107 g/mol. The van der Waals surface area contributed by atoms with Crippen LogP contribution in [0, 0.1) is 0 Å². The Bertz CT molecular complexity index is 41.4. The molecule has 0 rings (SSSR count). The molecule has 1 amide bonds. The van der Waals surface area contributed by atoms with E-state index in [1.165, 1.54) is 0 Å². The molecule has 0 bridgehead atoms. The zero-order valence-corrected chi connectivity index (χ0v) is 4.34. The number of rotatable bonds is 0. The number of carbonyl (C=O) groups is 1. The number of hydrogen-bond acceptors (Lipinski definition) is 2. The van der Waals surface area contributed by atoms with Crippen LogP contribution in [0.3, 0.4) is 0 Å². The van der Waals surface area contributed by atoms with E-state index < -0.39 is 6.09 Å². The lowest BCUT2D eigenvalue weighted by Crippen LogP contribution is -2.03. The molecule has 0 spiro atoms. The zero-order valence-electron chi connectivity index (χ0n) is 4.34. The van der Waals surface area contributed by atoms with Crippen molar-refractivity contribution >= 4 is 6.09 Å². The quantitative estimate of drug-likeness (QED) is 0.453. The molecule has 0 atom stereocenters. The molecular weight excluding hydrogens is 98.0 g/mol. The minimum absolute atomic E-state index is 1.33. The lowest BCUT2D eigenvalue weighted by Gasteiger charge is -1.61. The molecule has 0 aliphatic heterocycles. The Labute approximate surface area is 41.9 Å². The summed E-state index contributed by atoms with van der Waals surface area (Å²) in [7, 11) is 3.25. The van der Waals surface area contributed by atoms with Gasteiger partial charge in [0, 0.05) is 14.2 Å². The first-order valence-electron chi connectivity index (χ1n) is 1.53. The van der Waals surface area contributed by atoms with Gasteiger partial charge in [0.25, 0.3) is 0 Å². The zero-order chi connectivity index (χ0) is 6.28. The van der Waals surface area contributed by atoms with E-state index in [4.69, 9.17) is 9.90 Å². The Morgan fingerprint density at radius 3 is 1.71 bits per heavy atom. The summed E-state index contributed by atoms with van der Waals surface area (Å²) in [5.74, 6) is 0. The van der Waals surface area contributed by atoms with Crippen LogP contribution >= 0.6 is 0 Å². The number of hydrogen-bond donors (Lipinski definition) is 2. The van der Waals surface area contributed by atoms with Gasteiger partial charge < -0.3 is 15.6 Å². The fraction of sp³-hybridized carbons (Fsp3) is 0.667. The second-order valence-corrected chi connectivity index (χ2v) is 0.746. The van der Waals surface area contributed by atoms with Crippen LogP contribution in [-0.2, 0) is 4.74 Å². The van der Waals surface area contributed by atoms with Crippen LogP contribution in [-0.4, -0.2) is 25.4 Å². The minimum Gasteiger partial charge on any atom is -0.465 e. The van der Waals surface area contributed by atoms with Crippen LogP contribution < -0.4 is 5.73 Å². The standard InChI is InChI=1S/C2H6O.CH3NO2/c1-3-2;2-1(3)4/h1-2H3;2H2,(H,3,4). The monoisotopic (exact) mass is 107 g/mol. The maximum atomic E-state index is 8.78. The molecule has 7 heavy (non-hydrogen) atoms. The molecule has 0 aliphatic rings. The molecule has 0 aromatic heterocycles. The molecule has 0 unspecified atom stereocenters. The Hall–Kier alpha value is -0.770. The van der Waals surface area contributed by atoms with E-state index in [0.29, 0.717) is 0 Å². The first kappa shape index (κ1) is 9.52. The molecule has 3 N–H and O–H groups in total. The maximum absolute atomic E-state index is 8.78. The Balaban J connectivity index is 0. The highest BCUT2D eigenvalue weighted by Crippen LogP contribution is 1.34. The van der Waals surface area contributed by atoms with Crippen molar-refractivity contribution in [1.82, 2.24) is 0 Å². The molecule has 0 saturated heterocycles. The molecule has 0 heterocycles. The second-order valence-electron chi connectivity index (χ2n) is 0.746. The number of methoxy groups -OCH3 is 1. The fourth-order valence-electron chi connectivity index (χ4n) is 0. The van der Waals surface area contributed by atoms with Gasteiger partial charge in [-0.1, -0.05) is 0 Å². The number of nitrogens with two attached hydrogens (primary N) is 1. The Morgan fingerprint density at radius 1 is 1.71 bits per heavy atom. The van der Waals surface area contributed by atoms with Crippen molar-refractivity contribution in [2.45, 2.75) is 0 Å². The Morgan fingerprint density at radius 2 is 1.71 bits per heavy atom. The first-order valence-corrected chi connectivity index (χ1v) is 1.53. The molecule has 4 heteroatoms. The topological polar surface area (TPSA) is 72.5 Å². The van der Waals surface area contributed by atoms with Crippen molar-refractivity contribution in [2.75, 3.05) is 14.2 Å². The first-order chi connectivity index (χ1) is 3.15. The molecule has 0 radical (unpaired) electrons. The summed E-state index contributed by atoms with van der Waals surface area (Å²) in [6.07, 6.45) is -1.33. The molecule has 0 aliphatic carbocycles. The van der Waals surface area contributed by atoms with Gasteiger partial charge in [-0.2, -0.15) is 0 Å². The third kappa shape index (κ3) is 92.0. The lowest BCUT2D eigenvalue weighted by molar-refractivity contribution is 0.205. The molecule has 0 aromatic rings. The van der Waals surface area contributed by atoms with Crippen LogP contribution in [0.15, 0.2) is 0 Å². The highest BCUT2D eigenvalue weighted by molar-refractivity contribution is 5.61. The van der Waals surface area contributed by atoms with Crippen LogP contribution in [0.1, 0.15) is 0 Å². The third-order valence-corrected chi connectivity index (χ3v) is 0. The predicted octanol–water partition coefficient (Wildman–Crippen LogP) is -0.114.